The van der Waals surface area contributed by atoms with Crippen molar-refractivity contribution in [3.05, 3.63) is 57.3 Å². The molecule has 0 spiro atoms. The number of methoxy groups -OCH3 is 1. The molecule has 2 aromatic carbocycles. The van der Waals surface area contributed by atoms with E-state index in [1.165, 1.54) is 23.5 Å². The Morgan fingerprint density at radius 3 is 2.59 bits per heavy atom. The predicted molar refractivity (Wildman–Crippen MR) is 107 cm³/mol. The molecule has 0 aliphatic heterocycles. The van der Waals surface area contributed by atoms with Crippen LogP contribution in [0.4, 0.5) is 0 Å². The molecule has 0 fully saturated rings. The molecule has 10 heteroatoms. The number of aromatic nitrogens is 1. The van der Waals surface area contributed by atoms with Crippen LogP contribution in [0, 0.1) is 0 Å². The first kappa shape index (κ1) is 19.9. The number of fused-ring (bicyclic) bond motifs is 1. The number of hydrogen-bond acceptors (Lipinski definition) is 5. The highest BCUT2D eigenvalue weighted by atomic mass is 79.9. The fourth-order valence-electron chi connectivity index (χ4n) is 2.46. The second kappa shape index (κ2) is 8.03. The van der Waals surface area contributed by atoms with Gasteiger partial charge in [-0.05, 0) is 42.5 Å². The first-order valence-electron chi connectivity index (χ1n) is 7.79. The van der Waals surface area contributed by atoms with E-state index in [1.807, 2.05) is 4.57 Å². The number of ether oxygens (including phenoxy) is 1. The number of benzene rings is 2. The fourth-order valence-corrected chi connectivity index (χ4v) is 4.43. The largest absolute Gasteiger partial charge is 0.383 e. The average Bonchev–Trinajstić information content (AvgIpc) is 2.96. The second-order valence-electron chi connectivity index (χ2n) is 5.63. The van der Waals surface area contributed by atoms with Gasteiger partial charge >= 0.3 is 0 Å². The van der Waals surface area contributed by atoms with Gasteiger partial charge in [0, 0.05) is 23.7 Å². The van der Waals surface area contributed by atoms with Crippen LogP contribution >= 0.6 is 27.3 Å². The first-order valence-corrected chi connectivity index (χ1v) is 10.9. The summed E-state index contributed by atoms with van der Waals surface area (Å²) < 4.78 is 31.7. The Balaban J connectivity index is 2.14. The minimum atomic E-state index is -3.81. The SMILES string of the molecule is COCCn1c(=NC(=O)c2ccc(Br)cc2)sc2cc(S(N)(=O)=O)ccc21. The van der Waals surface area contributed by atoms with Crippen molar-refractivity contribution < 1.29 is 17.9 Å². The van der Waals surface area contributed by atoms with Crippen LogP contribution < -0.4 is 9.94 Å². The van der Waals surface area contributed by atoms with Crippen molar-refractivity contribution in [1.29, 1.82) is 0 Å². The number of nitrogens with two attached hydrogens (primary N) is 1. The van der Waals surface area contributed by atoms with Crippen molar-refractivity contribution in [1.82, 2.24) is 4.57 Å². The highest BCUT2D eigenvalue weighted by molar-refractivity contribution is 9.10. The van der Waals surface area contributed by atoms with Gasteiger partial charge in [-0.2, -0.15) is 4.99 Å². The van der Waals surface area contributed by atoms with Gasteiger partial charge in [-0.1, -0.05) is 27.3 Å². The number of nitrogens with zero attached hydrogens (tertiary/aromatic N) is 2. The van der Waals surface area contributed by atoms with Crippen molar-refractivity contribution in [2.24, 2.45) is 10.1 Å². The number of sulfonamides is 1. The molecule has 3 rings (SSSR count). The molecule has 27 heavy (non-hydrogen) atoms. The molecule has 1 amide bonds. The average molecular weight is 470 g/mol. The Bertz CT molecular complexity index is 1170. The molecule has 1 aromatic heterocycles. The van der Waals surface area contributed by atoms with Gasteiger partial charge in [0.05, 0.1) is 21.7 Å². The fraction of sp³-hybridized carbons (Fsp3) is 0.176. The smallest absolute Gasteiger partial charge is 0.279 e. The van der Waals surface area contributed by atoms with Gasteiger partial charge in [0.15, 0.2) is 4.80 Å². The number of hydrogen-bond donors (Lipinski definition) is 1. The van der Waals surface area contributed by atoms with E-state index in [0.717, 1.165) is 9.99 Å². The van der Waals surface area contributed by atoms with Crippen LogP contribution in [0.15, 0.2) is 56.8 Å². The van der Waals surface area contributed by atoms with E-state index in [-0.39, 0.29) is 10.8 Å². The molecule has 0 saturated carbocycles. The molecule has 0 aliphatic rings. The van der Waals surface area contributed by atoms with Gasteiger partial charge in [-0.25, -0.2) is 13.6 Å². The van der Waals surface area contributed by atoms with Crippen molar-refractivity contribution in [2.45, 2.75) is 11.4 Å². The third kappa shape index (κ3) is 4.53. The Morgan fingerprint density at radius 1 is 1.26 bits per heavy atom. The van der Waals surface area contributed by atoms with Crippen molar-refractivity contribution >= 4 is 53.4 Å². The number of rotatable bonds is 5. The van der Waals surface area contributed by atoms with Gasteiger partial charge in [0.25, 0.3) is 5.91 Å². The zero-order valence-electron chi connectivity index (χ0n) is 14.3. The van der Waals surface area contributed by atoms with E-state index >= 15 is 0 Å². The minimum Gasteiger partial charge on any atom is -0.383 e. The predicted octanol–water partition coefficient (Wildman–Crippen LogP) is 2.50. The van der Waals surface area contributed by atoms with Gasteiger partial charge in [0.2, 0.25) is 10.0 Å². The topological polar surface area (TPSA) is 104 Å². The number of amides is 1. The molecule has 7 nitrogen and oxygen atoms in total. The van der Waals surface area contributed by atoms with E-state index in [9.17, 15) is 13.2 Å². The highest BCUT2D eigenvalue weighted by Crippen LogP contribution is 2.21. The molecule has 2 N–H and O–H groups in total. The molecular weight excluding hydrogens is 454 g/mol. The molecule has 142 valence electrons. The Morgan fingerprint density at radius 2 is 1.96 bits per heavy atom. The molecule has 1 heterocycles. The summed E-state index contributed by atoms with van der Waals surface area (Å²) in [5, 5.41) is 5.21. The van der Waals surface area contributed by atoms with Crippen molar-refractivity contribution in [2.75, 3.05) is 13.7 Å². The zero-order chi connectivity index (χ0) is 19.6. The summed E-state index contributed by atoms with van der Waals surface area (Å²) in [6, 6.07) is 11.5. The lowest BCUT2D eigenvalue weighted by molar-refractivity contribution is 0.0997. The maximum Gasteiger partial charge on any atom is 0.279 e. The molecular formula is C17H16BrN3O4S2. The Labute approximate surface area is 168 Å². The molecule has 3 aromatic rings. The van der Waals surface area contributed by atoms with Gasteiger partial charge in [-0.3, -0.25) is 4.79 Å². The molecule has 0 unspecified atom stereocenters. The summed E-state index contributed by atoms with van der Waals surface area (Å²) in [5.41, 5.74) is 1.21. The van der Waals surface area contributed by atoms with E-state index in [1.54, 1.807) is 37.4 Å². The molecule has 0 atom stereocenters. The Hall–Kier alpha value is -1.85. The van der Waals surface area contributed by atoms with Crippen molar-refractivity contribution in [3.63, 3.8) is 0 Å². The molecule has 0 aliphatic carbocycles. The lowest BCUT2D eigenvalue weighted by Gasteiger charge is -2.05. The number of carbonyl (C=O) groups excluding carboxylic acids is 1. The summed E-state index contributed by atoms with van der Waals surface area (Å²) in [4.78, 5) is 17.2. The summed E-state index contributed by atoms with van der Waals surface area (Å²) in [6.07, 6.45) is 0. The molecule has 0 bridgehead atoms. The summed E-state index contributed by atoms with van der Waals surface area (Å²) in [7, 11) is -2.23. The van der Waals surface area contributed by atoms with Crippen LogP contribution in [0.5, 0.6) is 0 Å². The van der Waals surface area contributed by atoms with Crippen LogP contribution in [0.3, 0.4) is 0 Å². The van der Waals surface area contributed by atoms with E-state index in [4.69, 9.17) is 9.88 Å². The van der Waals surface area contributed by atoms with Gasteiger partial charge in [-0.15, -0.1) is 0 Å². The summed E-state index contributed by atoms with van der Waals surface area (Å²) in [5.74, 6) is -0.383. The van der Waals surface area contributed by atoms with Gasteiger partial charge in [0.1, 0.15) is 0 Å². The van der Waals surface area contributed by atoms with E-state index in [2.05, 4.69) is 20.9 Å². The first-order chi connectivity index (χ1) is 12.8. The normalized spacial score (nSPS) is 12.6. The van der Waals surface area contributed by atoms with Crippen LogP contribution in [-0.2, 0) is 21.3 Å². The van der Waals surface area contributed by atoms with Crippen LogP contribution in [0.25, 0.3) is 10.2 Å². The van der Waals surface area contributed by atoms with E-state index < -0.39 is 10.0 Å². The van der Waals surface area contributed by atoms with E-state index in [0.29, 0.717) is 28.2 Å². The van der Waals surface area contributed by atoms with Crippen LogP contribution in [-0.4, -0.2) is 32.6 Å². The number of carbonyl (C=O) groups is 1. The van der Waals surface area contributed by atoms with Crippen molar-refractivity contribution in [3.8, 4) is 0 Å². The Kier molecular flexibility index (Phi) is 5.92. The lowest BCUT2D eigenvalue weighted by Crippen LogP contribution is -2.19. The van der Waals surface area contributed by atoms with Gasteiger partial charge < -0.3 is 9.30 Å². The molecule has 0 radical (unpaired) electrons. The summed E-state index contributed by atoms with van der Waals surface area (Å²) >= 11 is 4.55. The van der Waals surface area contributed by atoms with Crippen LogP contribution in [0.1, 0.15) is 10.4 Å². The maximum absolute atomic E-state index is 12.5. The second-order valence-corrected chi connectivity index (χ2v) is 9.11. The number of thiazole rings is 1. The standard InChI is InChI=1S/C17H16BrN3O4S2/c1-25-9-8-21-14-7-6-13(27(19,23)24)10-15(14)26-17(21)20-16(22)11-2-4-12(18)5-3-11/h2-7,10H,8-9H2,1H3,(H2,19,23,24). The minimum absolute atomic E-state index is 0.0147. The molecule has 0 saturated heterocycles. The quantitative estimate of drug-likeness (QED) is 0.619. The summed E-state index contributed by atoms with van der Waals surface area (Å²) in [6.45, 7) is 0.889. The number of primary sulfonamides is 1. The zero-order valence-corrected chi connectivity index (χ0v) is 17.5. The number of halogens is 1. The monoisotopic (exact) mass is 469 g/mol. The lowest BCUT2D eigenvalue weighted by atomic mass is 10.2. The third-order valence-electron chi connectivity index (χ3n) is 3.79. The highest BCUT2D eigenvalue weighted by Gasteiger charge is 2.13. The van der Waals surface area contributed by atoms with Crippen LogP contribution in [0.2, 0.25) is 0 Å². The third-order valence-corrected chi connectivity index (χ3v) is 6.27. The maximum atomic E-state index is 12.5.